The summed E-state index contributed by atoms with van der Waals surface area (Å²) in [5.41, 5.74) is 3.11. The van der Waals surface area contributed by atoms with Crippen molar-refractivity contribution < 1.29 is 9.53 Å². The Hall–Kier alpha value is -2.38. The number of esters is 1. The van der Waals surface area contributed by atoms with E-state index < -0.39 is 5.97 Å². The predicted octanol–water partition coefficient (Wildman–Crippen LogP) is 2.34. The van der Waals surface area contributed by atoms with Crippen molar-refractivity contribution in [2.45, 2.75) is 6.92 Å². The zero-order valence-corrected chi connectivity index (χ0v) is 12.0. The fraction of sp³-hybridized carbons (Fsp3) is 0.154. The van der Waals surface area contributed by atoms with E-state index in [9.17, 15) is 4.79 Å². The minimum atomic E-state index is -0.532. The highest BCUT2D eigenvalue weighted by Gasteiger charge is 2.16. The fourth-order valence-electron chi connectivity index (χ4n) is 1.60. The molecule has 0 unspecified atom stereocenters. The molecule has 0 amide bonds. The van der Waals surface area contributed by atoms with Gasteiger partial charge in [0, 0.05) is 6.20 Å². The Bertz CT molecular complexity index is 650. The zero-order chi connectivity index (χ0) is 15.2. The Kier molecular flexibility index (Phi) is 4.91. The molecule has 7 nitrogen and oxygen atoms in total. The normalized spacial score (nSPS) is 10.0. The van der Waals surface area contributed by atoms with Crippen LogP contribution in [0.25, 0.3) is 0 Å². The molecule has 0 atom stereocenters. The number of nitrogens with one attached hydrogen (secondary N) is 2. The van der Waals surface area contributed by atoms with E-state index in [0.29, 0.717) is 10.7 Å². The average molecular weight is 308 g/mol. The lowest BCUT2D eigenvalue weighted by molar-refractivity contribution is 0.0526. The third-order valence-electron chi connectivity index (χ3n) is 2.54. The number of benzene rings is 1. The standard InChI is InChI=1S/C13H14ClN5O2/c1-2-21-12(20)8-7-16-13(19-15)18-11(8)17-10-6-4-3-5-9(10)14/h3-7H,2,15H2,1H3,(H2,16,17,18,19). The summed E-state index contributed by atoms with van der Waals surface area (Å²) in [6.45, 7) is 1.97. The van der Waals surface area contributed by atoms with Gasteiger partial charge < -0.3 is 10.1 Å². The SMILES string of the molecule is CCOC(=O)c1cnc(NN)nc1Nc1ccccc1Cl. The van der Waals surface area contributed by atoms with Gasteiger partial charge in [-0.2, -0.15) is 4.98 Å². The summed E-state index contributed by atoms with van der Waals surface area (Å²) in [6.07, 6.45) is 1.33. The first kappa shape index (κ1) is 15.0. The minimum Gasteiger partial charge on any atom is -0.462 e. The van der Waals surface area contributed by atoms with Crippen LogP contribution in [0.15, 0.2) is 30.5 Å². The Morgan fingerprint density at radius 3 is 2.86 bits per heavy atom. The molecule has 0 aliphatic carbocycles. The van der Waals surface area contributed by atoms with Crippen LogP contribution in [0.1, 0.15) is 17.3 Å². The van der Waals surface area contributed by atoms with Crippen molar-refractivity contribution in [3.8, 4) is 0 Å². The quantitative estimate of drug-likeness (QED) is 0.442. The number of hydrogen-bond donors (Lipinski definition) is 3. The fourth-order valence-corrected chi connectivity index (χ4v) is 1.78. The van der Waals surface area contributed by atoms with Crippen molar-refractivity contribution in [1.82, 2.24) is 9.97 Å². The Labute approximate surface area is 126 Å². The molecule has 1 aromatic heterocycles. The molecule has 0 saturated heterocycles. The third kappa shape index (κ3) is 3.59. The van der Waals surface area contributed by atoms with E-state index in [1.807, 2.05) is 6.07 Å². The summed E-state index contributed by atoms with van der Waals surface area (Å²) in [7, 11) is 0. The number of carbonyl (C=O) groups excluding carboxylic acids is 1. The first-order chi connectivity index (χ1) is 10.2. The number of anilines is 3. The highest BCUT2D eigenvalue weighted by molar-refractivity contribution is 6.33. The van der Waals surface area contributed by atoms with Gasteiger partial charge in [0.2, 0.25) is 5.95 Å². The van der Waals surface area contributed by atoms with Gasteiger partial charge in [-0.25, -0.2) is 15.6 Å². The van der Waals surface area contributed by atoms with Crippen molar-refractivity contribution >= 4 is 35.0 Å². The van der Waals surface area contributed by atoms with Gasteiger partial charge in [-0.1, -0.05) is 23.7 Å². The van der Waals surface area contributed by atoms with Crippen molar-refractivity contribution in [3.05, 3.63) is 41.0 Å². The number of ether oxygens (including phenoxy) is 1. The lowest BCUT2D eigenvalue weighted by Gasteiger charge is -2.12. The van der Waals surface area contributed by atoms with Crippen LogP contribution in [0.4, 0.5) is 17.5 Å². The number of carbonyl (C=O) groups is 1. The second kappa shape index (κ2) is 6.87. The Morgan fingerprint density at radius 2 is 2.19 bits per heavy atom. The van der Waals surface area contributed by atoms with E-state index in [2.05, 4.69) is 20.7 Å². The number of rotatable bonds is 5. The molecule has 0 saturated carbocycles. The van der Waals surface area contributed by atoms with Gasteiger partial charge in [0.05, 0.1) is 17.3 Å². The van der Waals surface area contributed by atoms with Crippen LogP contribution < -0.4 is 16.6 Å². The first-order valence-corrected chi connectivity index (χ1v) is 6.55. The molecule has 2 rings (SSSR count). The summed E-state index contributed by atoms with van der Waals surface area (Å²) in [5, 5.41) is 3.47. The van der Waals surface area contributed by atoms with Crippen LogP contribution in [-0.4, -0.2) is 22.5 Å². The number of hydrazine groups is 1. The maximum Gasteiger partial charge on any atom is 0.343 e. The second-order valence-corrected chi connectivity index (χ2v) is 4.33. The maximum absolute atomic E-state index is 11.9. The van der Waals surface area contributed by atoms with E-state index in [-0.39, 0.29) is 23.9 Å². The molecular weight excluding hydrogens is 294 g/mol. The molecule has 21 heavy (non-hydrogen) atoms. The molecule has 0 bridgehead atoms. The molecule has 0 aliphatic heterocycles. The molecule has 110 valence electrons. The van der Waals surface area contributed by atoms with Crippen LogP contribution in [0.3, 0.4) is 0 Å². The highest BCUT2D eigenvalue weighted by atomic mass is 35.5. The van der Waals surface area contributed by atoms with Gasteiger partial charge >= 0.3 is 5.97 Å². The number of nitrogens with zero attached hydrogens (tertiary/aromatic N) is 2. The maximum atomic E-state index is 11.9. The lowest BCUT2D eigenvalue weighted by Crippen LogP contribution is -2.15. The van der Waals surface area contributed by atoms with E-state index in [1.165, 1.54) is 6.20 Å². The van der Waals surface area contributed by atoms with Gasteiger partial charge in [0.1, 0.15) is 5.56 Å². The van der Waals surface area contributed by atoms with Crippen LogP contribution in [0, 0.1) is 0 Å². The molecular formula is C13H14ClN5O2. The lowest BCUT2D eigenvalue weighted by atomic mass is 10.2. The van der Waals surface area contributed by atoms with Crippen molar-refractivity contribution in [2.75, 3.05) is 17.3 Å². The number of aromatic nitrogens is 2. The largest absolute Gasteiger partial charge is 0.462 e. The van der Waals surface area contributed by atoms with Crippen LogP contribution >= 0.6 is 11.6 Å². The molecule has 0 spiro atoms. The van der Waals surface area contributed by atoms with Crippen LogP contribution in [0.5, 0.6) is 0 Å². The molecule has 0 radical (unpaired) electrons. The van der Waals surface area contributed by atoms with Crippen LogP contribution in [-0.2, 0) is 4.74 Å². The summed E-state index contributed by atoms with van der Waals surface area (Å²) in [4.78, 5) is 19.9. The molecule has 1 heterocycles. The monoisotopic (exact) mass is 307 g/mol. The average Bonchev–Trinajstić information content (AvgIpc) is 2.49. The van der Waals surface area contributed by atoms with Crippen molar-refractivity contribution in [2.24, 2.45) is 5.84 Å². The third-order valence-corrected chi connectivity index (χ3v) is 2.87. The molecule has 0 fully saturated rings. The molecule has 1 aromatic carbocycles. The van der Waals surface area contributed by atoms with E-state index in [4.69, 9.17) is 22.2 Å². The summed E-state index contributed by atoms with van der Waals surface area (Å²) in [6, 6.07) is 7.08. The molecule has 4 N–H and O–H groups in total. The summed E-state index contributed by atoms with van der Waals surface area (Å²) < 4.78 is 4.97. The zero-order valence-electron chi connectivity index (χ0n) is 11.3. The summed E-state index contributed by atoms with van der Waals surface area (Å²) >= 11 is 6.08. The second-order valence-electron chi connectivity index (χ2n) is 3.93. The van der Waals surface area contributed by atoms with E-state index >= 15 is 0 Å². The number of nitrogens with two attached hydrogens (primary N) is 1. The Morgan fingerprint density at radius 1 is 1.43 bits per heavy atom. The summed E-state index contributed by atoms with van der Waals surface area (Å²) in [5.74, 6) is 5.17. The van der Waals surface area contributed by atoms with Gasteiger partial charge in [-0.3, -0.25) is 5.43 Å². The van der Waals surface area contributed by atoms with Gasteiger partial charge in [0.15, 0.2) is 5.82 Å². The highest BCUT2D eigenvalue weighted by Crippen LogP contribution is 2.26. The van der Waals surface area contributed by atoms with Gasteiger partial charge in [-0.05, 0) is 19.1 Å². The van der Waals surface area contributed by atoms with Gasteiger partial charge in [0.25, 0.3) is 0 Å². The van der Waals surface area contributed by atoms with Gasteiger partial charge in [-0.15, -0.1) is 0 Å². The van der Waals surface area contributed by atoms with Crippen molar-refractivity contribution in [1.29, 1.82) is 0 Å². The van der Waals surface area contributed by atoms with Crippen LogP contribution in [0.2, 0.25) is 5.02 Å². The topological polar surface area (TPSA) is 102 Å². The smallest absolute Gasteiger partial charge is 0.343 e. The first-order valence-electron chi connectivity index (χ1n) is 6.18. The molecule has 0 aliphatic rings. The molecule has 2 aromatic rings. The van der Waals surface area contributed by atoms with Crippen molar-refractivity contribution in [3.63, 3.8) is 0 Å². The van der Waals surface area contributed by atoms with E-state index in [0.717, 1.165) is 0 Å². The minimum absolute atomic E-state index is 0.164. The number of hydrogen-bond acceptors (Lipinski definition) is 7. The predicted molar refractivity (Wildman–Crippen MR) is 80.5 cm³/mol. The van der Waals surface area contributed by atoms with E-state index in [1.54, 1.807) is 25.1 Å². The molecule has 8 heteroatoms. The number of nitrogen functional groups attached to an aromatic ring is 1. The Balaban J connectivity index is 2.39. The number of para-hydroxylation sites is 1. The number of halogens is 1.